The summed E-state index contributed by atoms with van der Waals surface area (Å²) in [6.07, 6.45) is 3.70. The Morgan fingerprint density at radius 3 is 2.82 bits per heavy atom. The van der Waals surface area contributed by atoms with E-state index in [1.165, 1.54) is 16.9 Å². The fourth-order valence-corrected chi connectivity index (χ4v) is 3.79. The summed E-state index contributed by atoms with van der Waals surface area (Å²) in [5.74, 6) is 0. The van der Waals surface area contributed by atoms with Gasteiger partial charge >= 0.3 is 4.87 Å². The van der Waals surface area contributed by atoms with Crippen LogP contribution in [0.1, 0.15) is 25.3 Å². The quantitative estimate of drug-likeness (QED) is 0.909. The molecule has 0 radical (unpaired) electrons. The minimum Gasteiger partial charge on any atom is -0.376 e. The fraction of sp³-hybridized carbons (Fsp3) is 0.294. The maximum atomic E-state index is 11.7. The molecule has 1 aliphatic rings. The molecule has 0 amide bonds. The van der Waals surface area contributed by atoms with Gasteiger partial charge in [-0.25, -0.2) is 0 Å². The first kappa shape index (κ1) is 14.8. The summed E-state index contributed by atoms with van der Waals surface area (Å²) in [6.45, 7) is 2.13. The predicted octanol–water partition coefficient (Wildman–Crippen LogP) is 3.62. The van der Waals surface area contributed by atoms with E-state index < -0.39 is 0 Å². The largest absolute Gasteiger partial charge is 0.376 e. The Bertz CT molecular complexity index is 867. The molecule has 1 aromatic heterocycles. The first-order valence-electron chi connectivity index (χ1n) is 7.34. The highest BCUT2D eigenvalue weighted by atomic mass is 32.1. The average molecular weight is 313 g/mol. The number of allylic oxidation sites excluding steroid dienone is 4. The van der Waals surface area contributed by atoms with Crippen LogP contribution in [0.25, 0.3) is 15.8 Å². The van der Waals surface area contributed by atoms with E-state index in [4.69, 9.17) is 5.41 Å². The van der Waals surface area contributed by atoms with Gasteiger partial charge in [0.25, 0.3) is 0 Å². The van der Waals surface area contributed by atoms with Crippen molar-refractivity contribution >= 4 is 32.8 Å². The lowest BCUT2D eigenvalue weighted by atomic mass is 9.86. The topological polar surface area (TPSA) is 60.0 Å². The molecule has 114 valence electrons. The van der Waals surface area contributed by atoms with Crippen molar-refractivity contribution in [2.45, 2.75) is 19.8 Å². The van der Waals surface area contributed by atoms with Gasteiger partial charge in [0, 0.05) is 31.7 Å². The van der Waals surface area contributed by atoms with E-state index >= 15 is 0 Å². The maximum absolute atomic E-state index is 11.7. The molecular formula is C17H19N3OS. The summed E-state index contributed by atoms with van der Waals surface area (Å²) in [7, 11) is 3.94. The van der Waals surface area contributed by atoms with E-state index in [-0.39, 0.29) is 4.87 Å². The molecule has 0 aliphatic heterocycles. The van der Waals surface area contributed by atoms with Gasteiger partial charge in [0.2, 0.25) is 0 Å². The van der Waals surface area contributed by atoms with Crippen LogP contribution in [0.5, 0.6) is 0 Å². The number of hydrogen-bond donors (Lipinski definition) is 2. The van der Waals surface area contributed by atoms with Crippen molar-refractivity contribution in [1.29, 1.82) is 5.41 Å². The molecule has 4 nitrogen and oxygen atoms in total. The summed E-state index contributed by atoms with van der Waals surface area (Å²) in [4.78, 5) is 16.7. The number of nitrogens with zero attached hydrogens (tertiary/aromatic N) is 1. The second-order valence-electron chi connectivity index (χ2n) is 5.58. The van der Waals surface area contributed by atoms with E-state index in [0.29, 0.717) is 12.1 Å². The monoisotopic (exact) mass is 313 g/mol. The lowest BCUT2D eigenvalue weighted by molar-refractivity contribution is 0.538. The number of aromatic amines is 1. The van der Waals surface area contributed by atoms with E-state index in [1.54, 1.807) is 0 Å². The third-order valence-corrected chi connectivity index (χ3v) is 4.80. The molecule has 0 fully saturated rings. The lowest BCUT2D eigenvalue weighted by Gasteiger charge is -2.27. The summed E-state index contributed by atoms with van der Waals surface area (Å²) in [6, 6.07) is 5.97. The number of thiazole rings is 1. The highest BCUT2D eigenvalue weighted by Crippen LogP contribution is 2.37. The number of H-pyrrole nitrogens is 1. The highest BCUT2D eigenvalue weighted by Gasteiger charge is 2.24. The molecular weight excluding hydrogens is 294 g/mol. The molecule has 3 rings (SSSR count). The van der Waals surface area contributed by atoms with Gasteiger partial charge in [0.15, 0.2) is 0 Å². The molecule has 1 aliphatic carbocycles. The second-order valence-corrected chi connectivity index (χ2v) is 6.59. The van der Waals surface area contributed by atoms with Crippen LogP contribution in [-0.4, -0.2) is 29.7 Å². The highest BCUT2D eigenvalue weighted by molar-refractivity contribution is 7.16. The molecule has 1 heterocycles. The van der Waals surface area contributed by atoms with Gasteiger partial charge in [0.05, 0.1) is 21.6 Å². The summed E-state index contributed by atoms with van der Waals surface area (Å²) in [5.41, 5.74) is 5.76. The normalized spacial score (nSPS) is 15.4. The zero-order valence-electron chi connectivity index (χ0n) is 13.0. The Kier molecular flexibility index (Phi) is 3.74. The van der Waals surface area contributed by atoms with Crippen LogP contribution in [-0.2, 0) is 0 Å². The molecule has 0 bridgehead atoms. The van der Waals surface area contributed by atoms with Gasteiger partial charge in [-0.15, -0.1) is 0 Å². The Morgan fingerprint density at radius 1 is 1.36 bits per heavy atom. The van der Waals surface area contributed by atoms with Gasteiger partial charge in [-0.2, -0.15) is 0 Å². The standard InChI is InChI=1S/C17H19N3OS/c1-4-10-8-9-12(18)16(20(2)3)14(10)11-6-5-7-13-15(11)19-17(21)22-13/h5-8,18H,4,9H2,1-3H3,(H,19,21). The van der Waals surface area contributed by atoms with Crippen LogP contribution < -0.4 is 4.87 Å². The molecule has 0 saturated heterocycles. The minimum atomic E-state index is -0.0395. The summed E-state index contributed by atoms with van der Waals surface area (Å²) in [5, 5.41) is 8.32. The molecule has 22 heavy (non-hydrogen) atoms. The third kappa shape index (κ3) is 2.31. The number of aromatic nitrogens is 1. The molecule has 2 N–H and O–H groups in total. The number of rotatable bonds is 3. The van der Waals surface area contributed by atoms with Crippen LogP contribution in [0.3, 0.4) is 0 Å². The summed E-state index contributed by atoms with van der Waals surface area (Å²) >= 11 is 1.23. The van der Waals surface area contributed by atoms with Gasteiger partial charge in [0.1, 0.15) is 0 Å². The molecule has 1 aromatic carbocycles. The maximum Gasteiger partial charge on any atom is 0.305 e. The third-order valence-electron chi connectivity index (χ3n) is 3.95. The van der Waals surface area contributed by atoms with Crippen LogP contribution in [0.2, 0.25) is 0 Å². The number of nitrogens with one attached hydrogen (secondary N) is 2. The molecule has 0 unspecified atom stereocenters. The zero-order valence-corrected chi connectivity index (χ0v) is 13.8. The molecule has 0 saturated carbocycles. The average Bonchev–Trinajstić information content (AvgIpc) is 2.86. The van der Waals surface area contributed by atoms with Crippen LogP contribution in [0.15, 0.2) is 40.3 Å². The number of fused-ring (bicyclic) bond motifs is 1. The Hall–Kier alpha value is -2.14. The minimum absolute atomic E-state index is 0.0395. The Balaban J connectivity index is 2.37. The smallest absolute Gasteiger partial charge is 0.305 e. The molecule has 5 heteroatoms. The predicted molar refractivity (Wildman–Crippen MR) is 93.8 cm³/mol. The van der Waals surface area contributed by atoms with Crippen molar-refractivity contribution in [1.82, 2.24) is 9.88 Å². The SMILES string of the molecule is CCC1=CCC(=N)C(N(C)C)=C1c1cccc2sc(=O)[nH]c12. The van der Waals surface area contributed by atoms with Gasteiger partial charge in [-0.1, -0.05) is 36.5 Å². The second kappa shape index (κ2) is 5.57. The van der Waals surface area contributed by atoms with E-state index in [2.05, 4.69) is 18.0 Å². The van der Waals surface area contributed by atoms with Gasteiger partial charge in [-0.05, 0) is 18.1 Å². The van der Waals surface area contributed by atoms with E-state index in [1.807, 2.05) is 37.2 Å². The van der Waals surface area contributed by atoms with Crippen molar-refractivity contribution in [2.75, 3.05) is 14.1 Å². The van der Waals surface area contributed by atoms with Crippen molar-refractivity contribution < 1.29 is 0 Å². The van der Waals surface area contributed by atoms with Crippen LogP contribution in [0.4, 0.5) is 0 Å². The molecule has 0 spiro atoms. The van der Waals surface area contributed by atoms with Gasteiger partial charge < -0.3 is 15.3 Å². The van der Waals surface area contributed by atoms with E-state index in [9.17, 15) is 4.79 Å². The number of para-hydroxylation sites is 1. The first-order valence-corrected chi connectivity index (χ1v) is 8.15. The van der Waals surface area contributed by atoms with Crippen molar-refractivity contribution in [2.24, 2.45) is 0 Å². The Morgan fingerprint density at radius 2 is 2.14 bits per heavy atom. The van der Waals surface area contributed by atoms with E-state index in [0.717, 1.165) is 33.5 Å². The van der Waals surface area contributed by atoms with Crippen LogP contribution >= 0.6 is 11.3 Å². The van der Waals surface area contributed by atoms with Gasteiger partial charge in [-0.3, -0.25) is 4.79 Å². The van der Waals surface area contributed by atoms with Crippen molar-refractivity contribution in [3.8, 4) is 0 Å². The van der Waals surface area contributed by atoms with Crippen molar-refractivity contribution in [3.05, 3.63) is 50.8 Å². The van der Waals surface area contributed by atoms with Crippen molar-refractivity contribution in [3.63, 3.8) is 0 Å². The Labute approximate surface area is 133 Å². The zero-order chi connectivity index (χ0) is 15.9. The molecule has 2 aromatic rings. The lowest BCUT2D eigenvalue weighted by Crippen LogP contribution is -2.23. The number of benzene rings is 1. The first-order chi connectivity index (χ1) is 10.5. The molecule has 0 atom stereocenters. The van der Waals surface area contributed by atoms with Crippen LogP contribution in [0, 0.1) is 5.41 Å². The fourth-order valence-electron chi connectivity index (χ4n) is 3.02. The number of hydrogen-bond acceptors (Lipinski definition) is 4. The summed E-state index contributed by atoms with van der Waals surface area (Å²) < 4.78 is 0.959.